The van der Waals surface area contributed by atoms with E-state index in [1.807, 2.05) is 30.0 Å². The van der Waals surface area contributed by atoms with Crippen molar-refractivity contribution in [3.63, 3.8) is 0 Å². The molecule has 1 heterocycles. The molecule has 3 rings (SSSR count). The van der Waals surface area contributed by atoms with Crippen LogP contribution in [0.2, 0.25) is 10.0 Å². The van der Waals surface area contributed by atoms with Crippen LogP contribution in [0.15, 0.2) is 36.4 Å². The molecule has 0 radical (unpaired) electrons. The van der Waals surface area contributed by atoms with E-state index in [1.165, 1.54) is 6.07 Å². The van der Waals surface area contributed by atoms with Crippen molar-refractivity contribution in [2.75, 3.05) is 18.5 Å². The number of nitrogens with zero attached hydrogens (tertiary/aromatic N) is 1. The van der Waals surface area contributed by atoms with Crippen LogP contribution < -0.4 is 5.32 Å². The molecule has 0 spiro atoms. The van der Waals surface area contributed by atoms with Gasteiger partial charge in [0.25, 0.3) is 0 Å². The Morgan fingerprint density at radius 2 is 2.07 bits per heavy atom. The number of nitrogens with one attached hydrogen (secondary N) is 1. The van der Waals surface area contributed by atoms with Gasteiger partial charge in [-0.2, -0.15) is 0 Å². The first kappa shape index (κ1) is 20.3. The summed E-state index contributed by atoms with van der Waals surface area (Å²) in [6.45, 7) is 3.48. The number of benzene rings is 2. The topological polar surface area (TPSA) is 24.5 Å². The lowest BCUT2D eigenvalue weighted by Crippen LogP contribution is -2.39. The van der Waals surface area contributed by atoms with Crippen molar-refractivity contribution in [1.82, 2.24) is 4.90 Å². The maximum absolute atomic E-state index is 14.3. The Morgan fingerprint density at radius 1 is 1.30 bits per heavy atom. The van der Waals surface area contributed by atoms with Gasteiger partial charge < -0.3 is 15.0 Å². The lowest BCUT2D eigenvalue weighted by atomic mass is 10.1. The molecule has 0 unspecified atom stereocenters. The van der Waals surface area contributed by atoms with Crippen molar-refractivity contribution < 1.29 is 9.13 Å². The van der Waals surface area contributed by atoms with Gasteiger partial charge in [-0.05, 0) is 55.7 Å². The molecule has 0 aliphatic carbocycles. The van der Waals surface area contributed by atoms with Crippen molar-refractivity contribution in [3.8, 4) is 0 Å². The molecule has 1 aliphatic heterocycles. The second-order valence-corrected chi connectivity index (χ2v) is 7.75. The summed E-state index contributed by atoms with van der Waals surface area (Å²) in [6.07, 6.45) is 2.03. The van der Waals surface area contributed by atoms with E-state index in [0.717, 1.165) is 30.7 Å². The van der Waals surface area contributed by atoms with E-state index in [4.69, 9.17) is 40.2 Å². The number of halogens is 3. The maximum Gasteiger partial charge on any atom is 0.173 e. The molecule has 7 heteroatoms. The van der Waals surface area contributed by atoms with Gasteiger partial charge >= 0.3 is 0 Å². The van der Waals surface area contributed by atoms with Gasteiger partial charge in [0, 0.05) is 30.3 Å². The Labute approximate surface area is 174 Å². The third kappa shape index (κ3) is 5.11. The fourth-order valence-corrected chi connectivity index (χ4v) is 3.71. The third-order valence-electron chi connectivity index (χ3n) is 4.58. The van der Waals surface area contributed by atoms with Gasteiger partial charge in [0.15, 0.2) is 5.11 Å². The van der Waals surface area contributed by atoms with E-state index in [9.17, 15) is 4.39 Å². The molecule has 2 aromatic rings. The molecule has 27 heavy (non-hydrogen) atoms. The maximum atomic E-state index is 14.3. The lowest BCUT2D eigenvalue weighted by molar-refractivity contribution is 0.0903. The molecular weight excluding hydrogens is 406 g/mol. The van der Waals surface area contributed by atoms with Crippen LogP contribution in [0, 0.1) is 12.7 Å². The second kappa shape index (κ2) is 9.20. The highest BCUT2D eigenvalue weighted by molar-refractivity contribution is 7.80. The van der Waals surface area contributed by atoms with Gasteiger partial charge in [-0.25, -0.2) is 4.39 Å². The molecule has 1 saturated heterocycles. The van der Waals surface area contributed by atoms with Crippen molar-refractivity contribution in [1.29, 1.82) is 0 Å². The Kier molecular flexibility index (Phi) is 6.93. The molecule has 3 nitrogen and oxygen atoms in total. The van der Waals surface area contributed by atoms with Crippen LogP contribution in [0.3, 0.4) is 0 Å². The molecule has 0 amide bonds. The number of aryl methyl sites for hydroxylation is 1. The fourth-order valence-electron chi connectivity index (χ4n) is 3.07. The first-order valence-corrected chi connectivity index (χ1v) is 9.97. The van der Waals surface area contributed by atoms with Crippen molar-refractivity contribution in [2.45, 2.75) is 32.4 Å². The number of thiocarbonyl (C=S) groups is 1. The Hall–Kier alpha value is -1.40. The van der Waals surface area contributed by atoms with E-state index in [1.54, 1.807) is 12.1 Å². The van der Waals surface area contributed by atoms with E-state index in [0.29, 0.717) is 27.3 Å². The normalized spacial score (nSPS) is 16.4. The van der Waals surface area contributed by atoms with E-state index in [2.05, 4.69) is 5.32 Å². The Balaban J connectivity index is 1.82. The molecule has 1 fully saturated rings. The Bertz CT molecular complexity index is 807. The minimum atomic E-state index is -0.351. The van der Waals surface area contributed by atoms with Gasteiger partial charge in [-0.3, -0.25) is 0 Å². The number of ether oxygens (including phenoxy) is 1. The van der Waals surface area contributed by atoms with Crippen LogP contribution in [0.5, 0.6) is 0 Å². The average Bonchev–Trinajstić information content (AvgIpc) is 3.14. The van der Waals surface area contributed by atoms with Crippen LogP contribution in [-0.4, -0.2) is 29.3 Å². The molecule has 0 aromatic heterocycles. The zero-order valence-corrected chi connectivity index (χ0v) is 17.3. The quantitative estimate of drug-likeness (QED) is 0.608. The zero-order valence-electron chi connectivity index (χ0n) is 15.0. The van der Waals surface area contributed by atoms with Gasteiger partial charge in [0.2, 0.25) is 0 Å². The number of hydrogen-bond donors (Lipinski definition) is 1. The molecule has 1 atom stereocenters. The van der Waals surface area contributed by atoms with E-state index in [-0.39, 0.29) is 18.5 Å². The number of hydrogen-bond acceptors (Lipinski definition) is 2. The van der Waals surface area contributed by atoms with Crippen LogP contribution in [0.25, 0.3) is 0 Å². The van der Waals surface area contributed by atoms with Crippen molar-refractivity contribution in [2.24, 2.45) is 0 Å². The molecule has 2 aromatic carbocycles. The zero-order chi connectivity index (χ0) is 19.4. The van der Waals surface area contributed by atoms with Crippen LogP contribution >= 0.6 is 35.4 Å². The predicted molar refractivity (Wildman–Crippen MR) is 113 cm³/mol. The fraction of sp³-hybridized carbons (Fsp3) is 0.350. The number of rotatable bonds is 5. The summed E-state index contributed by atoms with van der Waals surface area (Å²) in [7, 11) is 0. The summed E-state index contributed by atoms with van der Waals surface area (Å²) < 4.78 is 20.0. The minimum absolute atomic E-state index is 0.0586. The summed E-state index contributed by atoms with van der Waals surface area (Å²) in [5.41, 5.74) is 2.09. The lowest BCUT2D eigenvalue weighted by Gasteiger charge is -2.29. The number of anilines is 1. The van der Waals surface area contributed by atoms with Gasteiger partial charge in [-0.15, -0.1) is 0 Å². The first-order chi connectivity index (χ1) is 13.0. The Morgan fingerprint density at radius 3 is 2.78 bits per heavy atom. The largest absolute Gasteiger partial charge is 0.376 e. The molecule has 144 valence electrons. The van der Waals surface area contributed by atoms with Gasteiger partial charge in [-0.1, -0.05) is 41.4 Å². The highest BCUT2D eigenvalue weighted by Gasteiger charge is 2.23. The summed E-state index contributed by atoms with van der Waals surface area (Å²) >= 11 is 18.2. The highest BCUT2D eigenvalue weighted by Crippen LogP contribution is 2.27. The smallest absolute Gasteiger partial charge is 0.173 e. The SMILES string of the molecule is Cc1cccc(NC(=S)N(Cc2c(F)cccc2Cl)C[C@@H]2CCCO2)c1Cl. The first-order valence-electron chi connectivity index (χ1n) is 8.81. The van der Waals surface area contributed by atoms with Crippen molar-refractivity contribution in [3.05, 3.63) is 63.4 Å². The van der Waals surface area contributed by atoms with Crippen LogP contribution in [0.1, 0.15) is 24.0 Å². The third-order valence-corrected chi connectivity index (χ3v) is 5.80. The second-order valence-electron chi connectivity index (χ2n) is 6.58. The van der Waals surface area contributed by atoms with Crippen molar-refractivity contribution >= 4 is 46.2 Å². The average molecular weight is 427 g/mol. The summed E-state index contributed by atoms with van der Waals surface area (Å²) in [5, 5.41) is 4.63. The predicted octanol–water partition coefficient (Wildman–Crippen LogP) is 5.82. The van der Waals surface area contributed by atoms with Crippen LogP contribution in [-0.2, 0) is 11.3 Å². The van der Waals surface area contributed by atoms with E-state index < -0.39 is 0 Å². The molecule has 0 bridgehead atoms. The van der Waals surface area contributed by atoms with Gasteiger partial charge in [0.1, 0.15) is 5.82 Å². The molecule has 1 N–H and O–H groups in total. The molecule has 0 saturated carbocycles. The molecule has 1 aliphatic rings. The van der Waals surface area contributed by atoms with Gasteiger partial charge in [0.05, 0.1) is 16.8 Å². The summed E-state index contributed by atoms with van der Waals surface area (Å²) in [5.74, 6) is -0.351. The summed E-state index contributed by atoms with van der Waals surface area (Å²) in [6, 6.07) is 10.4. The minimum Gasteiger partial charge on any atom is -0.376 e. The van der Waals surface area contributed by atoms with Crippen LogP contribution in [0.4, 0.5) is 10.1 Å². The summed E-state index contributed by atoms with van der Waals surface area (Å²) in [4.78, 5) is 1.88. The molecular formula is C20H21Cl2FN2OS. The standard InChI is InChI=1S/C20H21Cl2FN2OS/c1-13-5-2-9-18(19(13)22)24-20(27)25(11-14-6-4-10-26-14)12-15-16(21)7-3-8-17(15)23/h2-3,5,7-9,14H,4,6,10-12H2,1H3,(H,24,27)/t14-/m0/s1. The van der Waals surface area contributed by atoms with E-state index >= 15 is 0 Å². The monoisotopic (exact) mass is 426 g/mol. The highest BCUT2D eigenvalue weighted by atomic mass is 35.5.